The lowest BCUT2D eigenvalue weighted by Crippen LogP contribution is -2.54. The maximum Gasteiger partial charge on any atom is 0.254 e. The highest BCUT2D eigenvalue weighted by Gasteiger charge is 2.28. The van der Waals surface area contributed by atoms with E-state index in [2.05, 4.69) is 0 Å². The lowest BCUT2D eigenvalue weighted by Gasteiger charge is -2.36. The van der Waals surface area contributed by atoms with Crippen LogP contribution in [0.2, 0.25) is 0 Å². The zero-order valence-corrected chi connectivity index (χ0v) is 11.7. The molecule has 1 aliphatic rings. The van der Waals surface area contributed by atoms with Crippen molar-refractivity contribution in [3.05, 3.63) is 35.4 Å². The zero-order valence-electron chi connectivity index (χ0n) is 11.7. The molecule has 19 heavy (non-hydrogen) atoms. The third kappa shape index (κ3) is 2.95. The Hall–Kier alpha value is -1.84. The molecule has 0 aromatic heterocycles. The summed E-state index contributed by atoms with van der Waals surface area (Å²) in [5.74, 6) is -0.0292. The minimum absolute atomic E-state index is 0.0294. The Balaban J connectivity index is 2.06. The molecule has 2 rings (SSSR count). The van der Waals surface area contributed by atoms with Crippen LogP contribution >= 0.6 is 0 Å². The molecule has 0 bridgehead atoms. The van der Waals surface area contributed by atoms with Crippen molar-refractivity contribution in [1.29, 1.82) is 0 Å². The van der Waals surface area contributed by atoms with E-state index in [0.29, 0.717) is 18.7 Å². The van der Waals surface area contributed by atoms with Gasteiger partial charge in [-0.05, 0) is 32.9 Å². The fourth-order valence-corrected chi connectivity index (χ4v) is 2.28. The third-order valence-electron chi connectivity index (χ3n) is 3.47. The summed E-state index contributed by atoms with van der Waals surface area (Å²) in [6.45, 7) is 7.39. The molecule has 102 valence electrons. The number of rotatable bonds is 2. The Labute approximate surface area is 114 Å². The number of piperazine rings is 1. The van der Waals surface area contributed by atoms with Crippen molar-refractivity contribution >= 4 is 11.8 Å². The fraction of sp³-hybridized carbons (Fsp3) is 0.467. The highest BCUT2D eigenvalue weighted by molar-refractivity contribution is 5.97. The largest absolute Gasteiger partial charge is 0.337 e. The van der Waals surface area contributed by atoms with Gasteiger partial charge in [-0.15, -0.1) is 0 Å². The van der Waals surface area contributed by atoms with Gasteiger partial charge in [0.15, 0.2) is 0 Å². The van der Waals surface area contributed by atoms with Gasteiger partial charge in [0.1, 0.15) is 6.54 Å². The minimum Gasteiger partial charge on any atom is -0.337 e. The van der Waals surface area contributed by atoms with E-state index in [9.17, 15) is 9.59 Å². The van der Waals surface area contributed by atoms with Crippen LogP contribution in [0.5, 0.6) is 0 Å². The van der Waals surface area contributed by atoms with Crippen molar-refractivity contribution in [2.75, 3.05) is 19.6 Å². The Kier molecular flexibility index (Phi) is 3.88. The lowest BCUT2D eigenvalue weighted by molar-refractivity contribution is -0.136. The van der Waals surface area contributed by atoms with Gasteiger partial charge in [0.25, 0.3) is 5.91 Å². The van der Waals surface area contributed by atoms with Crippen LogP contribution in [0.15, 0.2) is 24.3 Å². The second-order valence-corrected chi connectivity index (χ2v) is 5.27. The summed E-state index contributed by atoms with van der Waals surface area (Å²) in [6, 6.07) is 7.66. The van der Waals surface area contributed by atoms with Gasteiger partial charge in [0.2, 0.25) is 5.91 Å². The predicted octanol–water partition coefficient (Wildman–Crippen LogP) is 1.69. The molecule has 1 aliphatic heterocycles. The molecule has 1 aromatic carbocycles. The number of hydrogen-bond donors (Lipinski definition) is 0. The first-order valence-corrected chi connectivity index (χ1v) is 6.64. The molecular weight excluding hydrogens is 240 g/mol. The van der Waals surface area contributed by atoms with Crippen LogP contribution < -0.4 is 0 Å². The molecule has 1 saturated heterocycles. The maximum atomic E-state index is 12.3. The van der Waals surface area contributed by atoms with Crippen molar-refractivity contribution in [3.8, 4) is 0 Å². The van der Waals surface area contributed by atoms with Gasteiger partial charge in [-0.3, -0.25) is 9.59 Å². The van der Waals surface area contributed by atoms with Gasteiger partial charge < -0.3 is 9.80 Å². The Morgan fingerprint density at radius 1 is 1.16 bits per heavy atom. The van der Waals surface area contributed by atoms with Crippen molar-refractivity contribution in [1.82, 2.24) is 9.80 Å². The van der Waals surface area contributed by atoms with E-state index in [-0.39, 0.29) is 24.4 Å². The van der Waals surface area contributed by atoms with Gasteiger partial charge in [0, 0.05) is 24.7 Å². The smallest absolute Gasteiger partial charge is 0.254 e. The van der Waals surface area contributed by atoms with Crippen LogP contribution in [0.25, 0.3) is 0 Å². The van der Waals surface area contributed by atoms with E-state index < -0.39 is 0 Å². The normalized spacial score (nSPS) is 16.1. The van der Waals surface area contributed by atoms with E-state index in [1.807, 2.05) is 49.9 Å². The average Bonchev–Trinajstić information content (AvgIpc) is 2.38. The summed E-state index contributed by atoms with van der Waals surface area (Å²) in [6.07, 6.45) is 0. The molecule has 0 saturated carbocycles. The second-order valence-electron chi connectivity index (χ2n) is 5.27. The first-order valence-electron chi connectivity index (χ1n) is 6.64. The van der Waals surface area contributed by atoms with E-state index in [1.54, 1.807) is 4.90 Å². The quantitative estimate of drug-likeness (QED) is 0.812. The Bertz CT molecular complexity index is 479. The minimum atomic E-state index is -0.0586. The first kappa shape index (κ1) is 13.6. The SMILES string of the molecule is Cc1ccc(C(=O)N2CCN(C(C)C)C(=O)C2)cc1. The fourth-order valence-electron chi connectivity index (χ4n) is 2.28. The molecule has 0 unspecified atom stereocenters. The Morgan fingerprint density at radius 3 is 2.32 bits per heavy atom. The predicted molar refractivity (Wildman–Crippen MR) is 73.9 cm³/mol. The van der Waals surface area contributed by atoms with E-state index >= 15 is 0 Å². The van der Waals surface area contributed by atoms with Crippen molar-refractivity contribution in [3.63, 3.8) is 0 Å². The molecule has 1 heterocycles. The summed E-state index contributed by atoms with van der Waals surface area (Å²) in [5, 5.41) is 0. The monoisotopic (exact) mass is 260 g/mol. The van der Waals surface area contributed by atoms with Crippen LogP contribution in [0.1, 0.15) is 29.8 Å². The summed E-state index contributed by atoms with van der Waals surface area (Å²) in [4.78, 5) is 27.7. The van der Waals surface area contributed by atoms with Crippen LogP contribution in [-0.4, -0.2) is 47.3 Å². The molecule has 0 spiro atoms. The summed E-state index contributed by atoms with van der Waals surface area (Å²) >= 11 is 0. The van der Waals surface area contributed by atoms with Crippen molar-refractivity contribution in [2.24, 2.45) is 0 Å². The first-order chi connectivity index (χ1) is 8.99. The molecule has 0 radical (unpaired) electrons. The van der Waals surface area contributed by atoms with Crippen LogP contribution in [0, 0.1) is 6.92 Å². The number of hydrogen-bond acceptors (Lipinski definition) is 2. The van der Waals surface area contributed by atoms with E-state index in [4.69, 9.17) is 0 Å². The van der Waals surface area contributed by atoms with Gasteiger partial charge in [0.05, 0.1) is 0 Å². The number of nitrogens with zero attached hydrogens (tertiary/aromatic N) is 2. The molecule has 0 N–H and O–H groups in total. The third-order valence-corrected chi connectivity index (χ3v) is 3.47. The topological polar surface area (TPSA) is 40.6 Å². The van der Waals surface area contributed by atoms with Gasteiger partial charge >= 0.3 is 0 Å². The standard InChI is InChI=1S/C15H20N2O2/c1-11(2)17-9-8-16(10-14(17)18)15(19)13-6-4-12(3)5-7-13/h4-7,11H,8-10H2,1-3H3. The molecule has 1 aromatic rings. The molecular formula is C15H20N2O2. The number of benzene rings is 1. The van der Waals surface area contributed by atoms with Crippen LogP contribution in [0.3, 0.4) is 0 Å². The van der Waals surface area contributed by atoms with Gasteiger partial charge in [-0.1, -0.05) is 17.7 Å². The molecule has 0 atom stereocenters. The summed E-state index contributed by atoms with van der Waals surface area (Å²) < 4.78 is 0. The van der Waals surface area contributed by atoms with Gasteiger partial charge in [-0.2, -0.15) is 0 Å². The molecule has 2 amide bonds. The highest BCUT2D eigenvalue weighted by atomic mass is 16.2. The van der Waals surface area contributed by atoms with E-state index in [1.165, 1.54) is 0 Å². The zero-order chi connectivity index (χ0) is 14.0. The molecule has 1 fully saturated rings. The second kappa shape index (κ2) is 5.43. The number of aryl methyl sites for hydroxylation is 1. The van der Waals surface area contributed by atoms with Crippen LogP contribution in [0.4, 0.5) is 0 Å². The number of carbonyl (C=O) groups is 2. The average molecular weight is 260 g/mol. The maximum absolute atomic E-state index is 12.3. The van der Waals surface area contributed by atoms with Crippen molar-refractivity contribution < 1.29 is 9.59 Å². The van der Waals surface area contributed by atoms with Gasteiger partial charge in [-0.25, -0.2) is 0 Å². The lowest BCUT2D eigenvalue weighted by atomic mass is 10.1. The van der Waals surface area contributed by atoms with Crippen LogP contribution in [-0.2, 0) is 4.79 Å². The molecule has 0 aliphatic carbocycles. The summed E-state index contributed by atoms with van der Waals surface area (Å²) in [7, 11) is 0. The highest BCUT2D eigenvalue weighted by Crippen LogP contribution is 2.12. The van der Waals surface area contributed by atoms with E-state index in [0.717, 1.165) is 5.56 Å². The Morgan fingerprint density at radius 2 is 1.79 bits per heavy atom. The molecule has 4 nitrogen and oxygen atoms in total. The van der Waals surface area contributed by atoms with Crippen molar-refractivity contribution in [2.45, 2.75) is 26.8 Å². The molecule has 4 heteroatoms. The number of carbonyl (C=O) groups excluding carboxylic acids is 2. The summed E-state index contributed by atoms with van der Waals surface area (Å²) in [5.41, 5.74) is 1.77. The number of amides is 2.